The maximum absolute atomic E-state index is 13.1. The average Bonchev–Trinajstić information content (AvgIpc) is 2.01. The Bertz CT molecular complexity index is 287. The van der Waals surface area contributed by atoms with Gasteiger partial charge in [0.15, 0.2) is 0 Å². The number of hydrogen-bond acceptors (Lipinski definition) is 3. The molecule has 86 valence electrons. The number of rotatable bonds is 5. The summed E-state index contributed by atoms with van der Waals surface area (Å²) in [5.74, 6) is -1.65. The first-order valence-electron chi connectivity index (χ1n) is 4.44. The Balaban J connectivity index is 4.20. The van der Waals surface area contributed by atoms with E-state index >= 15 is 0 Å². The Kier molecular flexibility index (Phi) is 4.93. The molecule has 1 atom stereocenters. The van der Waals surface area contributed by atoms with Gasteiger partial charge in [-0.3, -0.25) is 5.41 Å². The molecule has 6 heteroatoms. The zero-order valence-corrected chi connectivity index (χ0v) is 8.80. The van der Waals surface area contributed by atoms with Crippen molar-refractivity contribution in [2.75, 3.05) is 6.54 Å². The van der Waals surface area contributed by atoms with Crippen LogP contribution >= 0.6 is 0 Å². The predicted octanol–water partition coefficient (Wildman–Crippen LogP) is 0.619. The van der Waals surface area contributed by atoms with Gasteiger partial charge in [0.1, 0.15) is 11.4 Å². The van der Waals surface area contributed by atoms with Gasteiger partial charge in [-0.15, -0.1) is 0 Å². The fraction of sp³-hybridized carbons (Fsp3) is 0.556. The highest BCUT2D eigenvalue weighted by atomic mass is 19.1. The van der Waals surface area contributed by atoms with Crippen molar-refractivity contribution < 1.29 is 14.3 Å². The largest absolute Gasteiger partial charge is 0.480 e. The zero-order chi connectivity index (χ0) is 12.1. The molecule has 0 saturated carbocycles. The summed E-state index contributed by atoms with van der Waals surface area (Å²) in [4.78, 5) is 10.6. The number of nitrogens with one attached hydrogen (secondary N) is 2. The van der Waals surface area contributed by atoms with Crippen molar-refractivity contribution >= 4 is 11.8 Å². The number of carboxylic acid groups (broad SMARTS) is 1. The Morgan fingerprint density at radius 3 is 2.67 bits per heavy atom. The van der Waals surface area contributed by atoms with Gasteiger partial charge in [0.25, 0.3) is 0 Å². The molecule has 0 aliphatic heterocycles. The van der Waals surface area contributed by atoms with E-state index < -0.39 is 17.3 Å². The first-order chi connectivity index (χ1) is 6.75. The van der Waals surface area contributed by atoms with Crippen LogP contribution in [0.1, 0.15) is 20.3 Å². The van der Waals surface area contributed by atoms with Crippen LogP contribution in [0.25, 0.3) is 0 Å². The minimum absolute atomic E-state index is 0.0102. The summed E-state index contributed by atoms with van der Waals surface area (Å²) < 4.78 is 13.1. The van der Waals surface area contributed by atoms with Gasteiger partial charge in [-0.1, -0.05) is 0 Å². The molecule has 0 unspecified atom stereocenters. The van der Waals surface area contributed by atoms with Gasteiger partial charge in [0, 0.05) is 13.0 Å². The second-order valence-electron chi connectivity index (χ2n) is 3.48. The van der Waals surface area contributed by atoms with Crippen LogP contribution in [0.3, 0.4) is 0 Å². The van der Waals surface area contributed by atoms with Crippen LogP contribution in [-0.4, -0.2) is 29.0 Å². The standard InChI is InChI=1S/C9H16FN3O2/c1-6(11)13-4-3-7(10)5-9(2,12)8(14)15/h5H,3-4,12H2,1-2H3,(H2,11,13)(H,14,15)/b7-5+/t9-/m0/s1. The Morgan fingerprint density at radius 2 is 2.27 bits per heavy atom. The minimum atomic E-state index is -1.69. The molecule has 0 bridgehead atoms. The van der Waals surface area contributed by atoms with Crippen LogP contribution in [0.5, 0.6) is 0 Å². The molecule has 0 fully saturated rings. The van der Waals surface area contributed by atoms with Crippen molar-refractivity contribution in [2.24, 2.45) is 5.73 Å². The lowest BCUT2D eigenvalue weighted by atomic mass is 10.0. The summed E-state index contributed by atoms with van der Waals surface area (Å²) in [6.45, 7) is 2.99. The maximum Gasteiger partial charge on any atom is 0.327 e. The second kappa shape index (κ2) is 5.45. The molecule has 0 aliphatic carbocycles. The van der Waals surface area contributed by atoms with Gasteiger partial charge in [-0.05, 0) is 19.9 Å². The van der Waals surface area contributed by atoms with E-state index in [2.05, 4.69) is 5.32 Å². The second-order valence-corrected chi connectivity index (χ2v) is 3.48. The van der Waals surface area contributed by atoms with Gasteiger partial charge < -0.3 is 16.2 Å². The van der Waals surface area contributed by atoms with Gasteiger partial charge in [0.2, 0.25) is 0 Å². The highest BCUT2D eigenvalue weighted by Crippen LogP contribution is 2.10. The van der Waals surface area contributed by atoms with E-state index in [9.17, 15) is 9.18 Å². The number of carbonyl (C=O) groups is 1. The SMILES string of the molecule is CC(=N)NCC/C(F)=C\[C@](C)(N)C(=O)O. The highest BCUT2D eigenvalue weighted by Gasteiger charge is 2.25. The highest BCUT2D eigenvalue weighted by molar-refractivity contribution is 5.80. The first kappa shape index (κ1) is 13.6. The molecule has 0 heterocycles. The fourth-order valence-corrected chi connectivity index (χ4v) is 0.829. The van der Waals surface area contributed by atoms with Crippen molar-refractivity contribution in [1.29, 1.82) is 5.41 Å². The van der Waals surface area contributed by atoms with Gasteiger partial charge in [0.05, 0.1) is 5.84 Å². The normalized spacial score (nSPS) is 15.6. The quantitative estimate of drug-likeness (QED) is 0.400. The smallest absolute Gasteiger partial charge is 0.327 e. The molecule has 0 aromatic heterocycles. The van der Waals surface area contributed by atoms with Crippen molar-refractivity contribution in [2.45, 2.75) is 25.8 Å². The molecule has 0 radical (unpaired) electrons. The third-order valence-electron chi connectivity index (χ3n) is 1.67. The van der Waals surface area contributed by atoms with Gasteiger partial charge in [-0.2, -0.15) is 0 Å². The van der Waals surface area contributed by atoms with E-state index in [1.165, 1.54) is 13.8 Å². The zero-order valence-electron chi connectivity index (χ0n) is 8.80. The minimum Gasteiger partial charge on any atom is -0.480 e. The van der Waals surface area contributed by atoms with Crippen molar-refractivity contribution in [3.63, 3.8) is 0 Å². The van der Waals surface area contributed by atoms with Crippen LogP contribution in [0.15, 0.2) is 11.9 Å². The lowest BCUT2D eigenvalue weighted by Gasteiger charge is -2.14. The Labute approximate surface area is 87.7 Å². The van der Waals surface area contributed by atoms with Crippen LogP contribution in [0.2, 0.25) is 0 Å². The number of aliphatic carboxylic acids is 1. The molecule has 5 N–H and O–H groups in total. The van der Waals surface area contributed by atoms with Crippen LogP contribution in [0, 0.1) is 5.41 Å². The van der Waals surface area contributed by atoms with Crippen molar-refractivity contribution in [3.05, 3.63) is 11.9 Å². The molecule has 0 aromatic carbocycles. The molecular weight excluding hydrogens is 201 g/mol. The van der Waals surface area contributed by atoms with Crippen LogP contribution in [0.4, 0.5) is 4.39 Å². The van der Waals surface area contributed by atoms with Gasteiger partial charge >= 0.3 is 5.97 Å². The molecule has 5 nitrogen and oxygen atoms in total. The average molecular weight is 217 g/mol. The maximum atomic E-state index is 13.1. The third kappa shape index (κ3) is 5.79. The molecule has 0 aliphatic rings. The predicted molar refractivity (Wildman–Crippen MR) is 55.4 cm³/mol. The van der Waals surface area contributed by atoms with E-state index in [1.807, 2.05) is 0 Å². The van der Waals surface area contributed by atoms with E-state index in [0.29, 0.717) is 0 Å². The molecular formula is C9H16FN3O2. The Morgan fingerprint density at radius 1 is 1.73 bits per heavy atom. The number of nitrogens with two attached hydrogens (primary N) is 1. The number of carboxylic acids is 1. The monoisotopic (exact) mass is 217 g/mol. The van der Waals surface area contributed by atoms with E-state index in [1.54, 1.807) is 0 Å². The van der Waals surface area contributed by atoms with Crippen LogP contribution in [-0.2, 0) is 4.79 Å². The summed E-state index contributed by atoms with van der Waals surface area (Å²) in [5.41, 5.74) is 3.62. The Hall–Kier alpha value is -1.43. The molecule has 0 saturated heterocycles. The molecule has 0 rings (SSSR count). The van der Waals surface area contributed by atoms with Gasteiger partial charge in [-0.25, -0.2) is 9.18 Å². The topological polar surface area (TPSA) is 99.2 Å². The summed E-state index contributed by atoms with van der Waals surface area (Å²) in [6.07, 6.45) is 0.882. The molecule has 0 aromatic rings. The van der Waals surface area contributed by atoms with Crippen molar-refractivity contribution in [3.8, 4) is 0 Å². The first-order valence-corrected chi connectivity index (χ1v) is 4.44. The third-order valence-corrected chi connectivity index (χ3v) is 1.67. The lowest BCUT2D eigenvalue weighted by Crippen LogP contribution is -2.43. The summed E-state index contributed by atoms with van der Waals surface area (Å²) in [5, 5.41) is 18.2. The van der Waals surface area contributed by atoms with E-state index in [4.69, 9.17) is 16.2 Å². The van der Waals surface area contributed by atoms with Crippen LogP contribution < -0.4 is 11.1 Å². The molecule has 0 amide bonds. The molecule has 15 heavy (non-hydrogen) atoms. The van der Waals surface area contributed by atoms with E-state index in [0.717, 1.165) is 6.08 Å². The summed E-state index contributed by atoms with van der Waals surface area (Å²) in [6, 6.07) is 0. The number of halogens is 1. The number of hydrogen-bond donors (Lipinski definition) is 4. The summed E-state index contributed by atoms with van der Waals surface area (Å²) >= 11 is 0. The lowest BCUT2D eigenvalue weighted by molar-refractivity contribution is -0.140. The van der Waals surface area contributed by atoms with E-state index in [-0.39, 0.29) is 18.8 Å². The molecule has 0 spiro atoms. The fourth-order valence-electron chi connectivity index (χ4n) is 0.829. The van der Waals surface area contributed by atoms with Crippen molar-refractivity contribution in [1.82, 2.24) is 5.32 Å². The number of amidine groups is 1. The summed E-state index contributed by atoms with van der Waals surface area (Å²) in [7, 11) is 0.